The lowest BCUT2D eigenvalue weighted by molar-refractivity contribution is -0.00190. The van der Waals surface area contributed by atoms with E-state index in [1.165, 1.54) is 17.0 Å². The van der Waals surface area contributed by atoms with Gasteiger partial charge in [0, 0.05) is 55.4 Å². The fourth-order valence-corrected chi connectivity index (χ4v) is 5.92. The number of benzene rings is 2. The van der Waals surface area contributed by atoms with Crippen molar-refractivity contribution >= 4 is 36.7 Å². The second-order valence-corrected chi connectivity index (χ2v) is 17.6. The van der Waals surface area contributed by atoms with E-state index in [-0.39, 0.29) is 19.0 Å². The summed E-state index contributed by atoms with van der Waals surface area (Å²) in [7, 11) is -1.19. The molecule has 2 N–H and O–H groups in total. The number of aliphatic hydroxyl groups is 1. The number of hydrogen-bond acceptors (Lipinski definition) is 5. The number of carbonyl (C=O) groups is 1. The summed E-state index contributed by atoms with van der Waals surface area (Å²) in [5.41, 5.74) is 1.60. The van der Waals surface area contributed by atoms with Crippen molar-refractivity contribution in [3.05, 3.63) is 64.6 Å². The molecule has 1 amide bonds. The molecule has 0 bridgehead atoms. The molecule has 1 aromatic heterocycles. The van der Waals surface area contributed by atoms with Gasteiger partial charge in [-0.15, -0.1) is 0 Å². The molecule has 1 fully saturated rings. The summed E-state index contributed by atoms with van der Waals surface area (Å²) in [6.07, 6.45) is 0.985. The Kier molecular flexibility index (Phi) is 9.33. The molecule has 1 aliphatic rings. The minimum Gasteiger partial charge on any atom is -0.465 e. The number of fused-ring (bicyclic) bond motifs is 1. The SMILES string of the molecule is C[Si](C)(C)CCOCn1cc2cc(Cl)cc(C(O)COCC3(c4ccc(F)cc4)CCN(C(=O)O)CC3)c2n1. The van der Waals surface area contributed by atoms with Crippen molar-refractivity contribution in [3.63, 3.8) is 0 Å². The molecule has 212 valence electrons. The number of hydrogen-bond donors (Lipinski definition) is 2. The molecule has 1 unspecified atom stereocenters. The highest BCUT2D eigenvalue weighted by atomic mass is 35.5. The van der Waals surface area contributed by atoms with Gasteiger partial charge in [0.2, 0.25) is 0 Å². The van der Waals surface area contributed by atoms with Gasteiger partial charge in [0.05, 0.1) is 18.7 Å². The van der Waals surface area contributed by atoms with Gasteiger partial charge in [0.1, 0.15) is 18.7 Å². The second-order valence-electron chi connectivity index (χ2n) is 11.5. The van der Waals surface area contributed by atoms with E-state index in [9.17, 15) is 19.4 Å². The minimum absolute atomic E-state index is 0.000598. The average Bonchev–Trinajstić information content (AvgIpc) is 3.28. The number of carboxylic acid groups (broad SMARTS) is 1. The van der Waals surface area contributed by atoms with Crippen molar-refractivity contribution in [1.29, 1.82) is 0 Å². The Labute approximate surface area is 234 Å². The molecular weight excluding hydrogens is 541 g/mol. The van der Waals surface area contributed by atoms with E-state index in [0.717, 1.165) is 17.0 Å². The van der Waals surface area contributed by atoms with Crippen LogP contribution >= 0.6 is 11.6 Å². The van der Waals surface area contributed by atoms with Crippen LogP contribution in [0.2, 0.25) is 30.7 Å². The van der Waals surface area contributed by atoms with Crippen LogP contribution in [0.3, 0.4) is 0 Å². The molecule has 1 atom stereocenters. The Balaban J connectivity index is 1.44. The van der Waals surface area contributed by atoms with Crippen LogP contribution in [0.1, 0.15) is 30.1 Å². The topological polar surface area (TPSA) is 97.1 Å². The van der Waals surface area contributed by atoms with Gasteiger partial charge in [-0.2, -0.15) is 5.10 Å². The first-order valence-corrected chi connectivity index (χ1v) is 17.3. The van der Waals surface area contributed by atoms with Crippen molar-refractivity contribution in [2.75, 3.05) is 32.9 Å². The highest BCUT2D eigenvalue weighted by Crippen LogP contribution is 2.37. The first-order chi connectivity index (χ1) is 18.5. The van der Waals surface area contributed by atoms with Gasteiger partial charge in [0.15, 0.2) is 0 Å². The van der Waals surface area contributed by atoms with Crippen LogP contribution in [0.25, 0.3) is 10.9 Å². The Morgan fingerprint density at radius 1 is 1.18 bits per heavy atom. The minimum atomic E-state index is -1.19. The Morgan fingerprint density at radius 2 is 1.87 bits per heavy atom. The number of rotatable bonds is 11. The van der Waals surface area contributed by atoms with Gasteiger partial charge in [0.25, 0.3) is 0 Å². The lowest BCUT2D eigenvalue weighted by atomic mass is 9.73. The Morgan fingerprint density at radius 3 is 2.51 bits per heavy atom. The highest BCUT2D eigenvalue weighted by Gasteiger charge is 2.38. The lowest BCUT2D eigenvalue weighted by Crippen LogP contribution is -2.47. The first-order valence-electron chi connectivity index (χ1n) is 13.2. The van der Waals surface area contributed by atoms with Crippen LogP contribution in [-0.4, -0.2) is 72.0 Å². The molecule has 3 aromatic rings. The third kappa shape index (κ3) is 7.58. The molecule has 11 heteroatoms. The van der Waals surface area contributed by atoms with Crippen molar-refractivity contribution < 1.29 is 28.9 Å². The number of aliphatic hydroxyl groups excluding tert-OH is 1. The zero-order valence-corrected chi connectivity index (χ0v) is 24.5. The predicted octanol–water partition coefficient (Wildman–Crippen LogP) is 5.90. The average molecular weight is 578 g/mol. The summed E-state index contributed by atoms with van der Waals surface area (Å²) in [4.78, 5) is 12.8. The van der Waals surface area contributed by atoms with E-state index in [1.807, 2.05) is 6.20 Å². The monoisotopic (exact) mass is 577 g/mol. The van der Waals surface area contributed by atoms with E-state index >= 15 is 0 Å². The van der Waals surface area contributed by atoms with Gasteiger partial charge in [-0.1, -0.05) is 43.4 Å². The fraction of sp³-hybridized carbons (Fsp3) is 0.500. The van der Waals surface area contributed by atoms with Crippen LogP contribution in [-0.2, 0) is 21.6 Å². The first kappa shape index (κ1) is 29.5. The van der Waals surface area contributed by atoms with E-state index in [0.29, 0.717) is 55.4 Å². The molecule has 1 saturated heterocycles. The third-order valence-electron chi connectivity index (χ3n) is 7.33. The van der Waals surface area contributed by atoms with Crippen molar-refractivity contribution in [3.8, 4) is 0 Å². The Bertz CT molecular complexity index is 1270. The van der Waals surface area contributed by atoms with Gasteiger partial charge in [-0.05, 0) is 48.7 Å². The molecule has 0 radical (unpaired) electrons. The van der Waals surface area contributed by atoms with Crippen LogP contribution in [0.5, 0.6) is 0 Å². The fourth-order valence-electron chi connectivity index (χ4n) is 4.93. The summed E-state index contributed by atoms with van der Waals surface area (Å²) >= 11 is 6.37. The van der Waals surface area contributed by atoms with Crippen LogP contribution < -0.4 is 0 Å². The summed E-state index contributed by atoms with van der Waals surface area (Å²) < 4.78 is 27.2. The molecule has 39 heavy (non-hydrogen) atoms. The number of ether oxygens (including phenoxy) is 2. The lowest BCUT2D eigenvalue weighted by Gasteiger charge is -2.41. The maximum absolute atomic E-state index is 13.6. The second kappa shape index (κ2) is 12.3. The maximum Gasteiger partial charge on any atom is 0.407 e. The molecular formula is C28H37ClFN3O5Si. The number of piperidine rings is 1. The summed E-state index contributed by atoms with van der Waals surface area (Å²) in [5.74, 6) is -0.334. The number of nitrogens with zero attached hydrogens (tertiary/aromatic N) is 3. The quantitative estimate of drug-likeness (QED) is 0.217. The smallest absolute Gasteiger partial charge is 0.407 e. The predicted molar refractivity (Wildman–Crippen MR) is 152 cm³/mol. The molecule has 0 aliphatic carbocycles. The molecule has 4 rings (SSSR count). The normalized spacial score (nSPS) is 16.5. The van der Waals surface area contributed by atoms with Crippen LogP contribution in [0, 0.1) is 5.82 Å². The zero-order valence-electron chi connectivity index (χ0n) is 22.7. The highest BCUT2D eigenvalue weighted by molar-refractivity contribution is 6.76. The van der Waals surface area contributed by atoms with Crippen LogP contribution in [0.4, 0.5) is 9.18 Å². The maximum atomic E-state index is 13.6. The van der Waals surface area contributed by atoms with E-state index in [2.05, 4.69) is 24.7 Å². The van der Waals surface area contributed by atoms with Crippen molar-refractivity contribution in [1.82, 2.24) is 14.7 Å². The Hall–Kier alpha value is -2.50. The molecule has 0 spiro atoms. The zero-order chi connectivity index (χ0) is 28.2. The summed E-state index contributed by atoms with van der Waals surface area (Å²) in [6.45, 7) is 8.86. The number of amides is 1. The van der Waals surface area contributed by atoms with E-state index in [4.69, 9.17) is 21.1 Å². The molecule has 8 nitrogen and oxygen atoms in total. The number of halogens is 2. The van der Waals surface area contributed by atoms with Gasteiger partial charge >= 0.3 is 6.09 Å². The number of likely N-dealkylation sites (tertiary alicyclic amines) is 1. The van der Waals surface area contributed by atoms with Crippen LogP contribution in [0.15, 0.2) is 42.6 Å². The van der Waals surface area contributed by atoms with Gasteiger partial charge in [-0.25, -0.2) is 13.9 Å². The largest absolute Gasteiger partial charge is 0.465 e. The van der Waals surface area contributed by atoms with Gasteiger partial charge < -0.3 is 24.6 Å². The third-order valence-corrected chi connectivity index (χ3v) is 9.25. The summed E-state index contributed by atoms with van der Waals surface area (Å²) in [5, 5.41) is 26.4. The molecule has 0 saturated carbocycles. The van der Waals surface area contributed by atoms with Crippen molar-refractivity contribution in [2.45, 2.75) is 56.8 Å². The standard InChI is InChI=1S/C28H37ClFN3O5Si/c1-39(2,3)13-12-37-19-33-16-20-14-22(29)15-24(26(20)31-33)25(34)17-38-18-28(21-4-6-23(30)7-5-21)8-10-32(11-9-28)27(35)36/h4-7,14-16,25,34H,8-13,17-19H2,1-3H3,(H,35,36). The van der Waals surface area contributed by atoms with Crippen molar-refractivity contribution in [2.24, 2.45) is 0 Å². The summed E-state index contributed by atoms with van der Waals surface area (Å²) in [6, 6.07) is 10.8. The number of aromatic nitrogens is 2. The molecule has 1 aliphatic heterocycles. The van der Waals surface area contributed by atoms with E-state index in [1.54, 1.807) is 28.9 Å². The molecule has 2 heterocycles. The van der Waals surface area contributed by atoms with Gasteiger partial charge in [-0.3, -0.25) is 0 Å². The van der Waals surface area contributed by atoms with E-state index < -0.39 is 25.7 Å². The molecule has 2 aromatic carbocycles.